The first-order valence-corrected chi connectivity index (χ1v) is 14.4. The van der Waals surface area contributed by atoms with Gasteiger partial charge in [0.15, 0.2) is 10.9 Å². The van der Waals surface area contributed by atoms with E-state index in [1.54, 1.807) is 40.2 Å². The number of ketones is 1. The highest BCUT2D eigenvalue weighted by Gasteiger charge is 2.32. The average Bonchev–Trinajstić information content (AvgIpc) is 3.23. The molecule has 1 aliphatic rings. The van der Waals surface area contributed by atoms with Gasteiger partial charge in [0, 0.05) is 15.5 Å². The van der Waals surface area contributed by atoms with Crippen LogP contribution in [0.15, 0.2) is 64.5 Å². The number of fused-ring (bicyclic) bond motifs is 3. The standard InChI is InChI=1S/C29H29ClN2O2S2/c1-29(2,3)20-11-14-22-24(15-20)36-26-25(22)27(34)32(16-18-7-5-4-6-8-18)28(31-26)35-17-23(33)19-9-12-21(30)13-10-19/h4-10,12-13,20H,11,14-17H2,1-3H3. The fourth-order valence-electron chi connectivity index (χ4n) is 4.84. The van der Waals surface area contributed by atoms with Crippen molar-refractivity contribution in [2.75, 3.05) is 5.75 Å². The maximum atomic E-state index is 13.9. The molecule has 4 aromatic rings. The molecule has 0 saturated carbocycles. The molecule has 1 aliphatic carbocycles. The fraction of sp³-hybridized carbons (Fsp3) is 0.345. The number of nitrogens with zero attached hydrogens (tertiary/aromatic N) is 2. The van der Waals surface area contributed by atoms with E-state index in [-0.39, 0.29) is 22.5 Å². The van der Waals surface area contributed by atoms with E-state index in [9.17, 15) is 9.59 Å². The van der Waals surface area contributed by atoms with E-state index < -0.39 is 0 Å². The van der Waals surface area contributed by atoms with Crippen LogP contribution in [0.4, 0.5) is 0 Å². The minimum Gasteiger partial charge on any atom is -0.293 e. The number of hydrogen-bond donors (Lipinski definition) is 0. The molecule has 0 radical (unpaired) electrons. The molecule has 0 N–H and O–H groups in total. The van der Waals surface area contributed by atoms with Gasteiger partial charge in [0.1, 0.15) is 4.83 Å². The smallest absolute Gasteiger partial charge is 0.263 e. The Morgan fingerprint density at radius 1 is 1.14 bits per heavy atom. The summed E-state index contributed by atoms with van der Waals surface area (Å²) in [4.78, 5) is 33.9. The third-order valence-electron chi connectivity index (χ3n) is 7.04. The summed E-state index contributed by atoms with van der Waals surface area (Å²) in [7, 11) is 0. The number of halogens is 1. The first kappa shape index (κ1) is 25.2. The highest BCUT2D eigenvalue weighted by Crippen LogP contribution is 2.42. The zero-order valence-corrected chi connectivity index (χ0v) is 23.1. The largest absolute Gasteiger partial charge is 0.293 e. The number of aromatic nitrogens is 2. The first-order valence-electron chi connectivity index (χ1n) is 12.2. The number of aryl methyl sites for hydroxylation is 1. The van der Waals surface area contributed by atoms with Crippen LogP contribution < -0.4 is 5.56 Å². The third-order valence-corrected chi connectivity index (χ3v) is 9.42. The van der Waals surface area contributed by atoms with E-state index in [4.69, 9.17) is 16.6 Å². The monoisotopic (exact) mass is 536 g/mol. The number of rotatable bonds is 6. The fourth-order valence-corrected chi connectivity index (χ4v) is 7.20. The van der Waals surface area contributed by atoms with Gasteiger partial charge in [-0.25, -0.2) is 4.98 Å². The lowest BCUT2D eigenvalue weighted by molar-refractivity contribution is 0.102. The van der Waals surface area contributed by atoms with Crippen LogP contribution in [-0.2, 0) is 19.4 Å². The lowest BCUT2D eigenvalue weighted by Gasteiger charge is -2.33. The van der Waals surface area contributed by atoms with E-state index >= 15 is 0 Å². The van der Waals surface area contributed by atoms with Gasteiger partial charge in [-0.15, -0.1) is 11.3 Å². The molecule has 5 rings (SSSR count). The van der Waals surface area contributed by atoms with Gasteiger partial charge in [-0.05, 0) is 66.0 Å². The van der Waals surface area contributed by atoms with E-state index in [1.165, 1.54) is 22.2 Å². The average molecular weight is 537 g/mol. The molecular weight excluding hydrogens is 508 g/mol. The molecule has 2 aromatic carbocycles. The second kappa shape index (κ2) is 10.2. The van der Waals surface area contributed by atoms with Crippen molar-refractivity contribution in [3.63, 3.8) is 0 Å². The molecule has 2 aromatic heterocycles. The Bertz CT molecular complexity index is 1470. The van der Waals surface area contributed by atoms with Gasteiger partial charge >= 0.3 is 0 Å². The Morgan fingerprint density at radius 2 is 1.86 bits per heavy atom. The molecule has 4 nitrogen and oxygen atoms in total. The lowest BCUT2D eigenvalue weighted by Crippen LogP contribution is -2.27. The SMILES string of the molecule is CC(C)(C)C1CCc2c(sc3nc(SCC(=O)c4ccc(Cl)cc4)n(Cc4ccccc4)c(=O)c23)C1. The summed E-state index contributed by atoms with van der Waals surface area (Å²) in [6.45, 7) is 7.32. The number of thiophene rings is 1. The van der Waals surface area contributed by atoms with Gasteiger partial charge in [-0.1, -0.05) is 74.5 Å². The highest BCUT2D eigenvalue weighted by molar-refractivity contribution is 7.99. The first-order chi connectivity index (χ1) is 17.2. The van der Waals surface area contributed by atoms with Crippen LogP contribution in [0.1, 0.15) is 53.6 Å². The van der Waals surface area contributed by atoms with E-state index in [1.807, 2.05) is 30.3 Å². The summed E-state index contributed by atoms with van der Waals surface area (Å²) < 4.78 is 1.75. The van der Waals surface area contributed by atoms with Gasteiger partial charge in [-0.2, -0.15) is 0 Å². The van der Waals surface area contributed by atoms with Crippen molar-refractivity contribution in [3.05, 3.63) is 91.5 Å². The Morgan fingerprint density at radius 3 is 2.56 bits per heavy atom. The lowest BCUT2D eigenvalue weighted by atomic mass is 9.72. The molecule has 36 heavy (non-hydrogen) atoms. The van der Waals surface area contributed by atoms with Crippen molar-refractivity contribution in [2.24, 2.45) is 11.3 Å². The normalized spacial score (nSPS) is 15.7. The summed E-state index contributed by atoms with van der Waals surface area (Å²) >= 11 is 8.96. The van der Waals surface area contributed by atoms with Crippen LogP contribution in [0.3, 0.4) is 0 Å². The zero-order valence-electron chi connectivity index (χ0n) is 20.7. The molecule has 1 unspecified atom stereocenters. The van der Waals surface area contributed by atoms with Crippen LogP contribution in [0.2, 0.25) is 5.02 Å². The van der Waals surface area contributed by atoms with Crippen molar-refractivity contribution in [1.29, 1.82) is 0 Å². The van der Waals surface area contributed by atoms with Crippen LogP contribution in [-0.4, -0.2) is 21.1 Å². The highest BCUT2D eigenvalue weighted by atomic mass is 35.5. The molecular formula is C29H29ClN2O2S2. The topological polar surface area (TPSA) is 52.0 Å². The Kier molecular flexibility index (Phi) is 7.12. The summed E-state index contributed by atoms with van der Waals surface area (Å²) in [5, 5.41) is 1.95. The molecule has 0 aliphatic heterocycles. The maximum absolute atomic E-state index is 13.9. The van der Waals surface area contributed by atoms with Crippen LogP contribution in [0.25, 0.3) is 10.2 Å². The van der Waals surface area contributed by atoms with Gasteiger partial charge in [0.05, 0.1) is 17.7 Å². The van der Waals surface area contributed by atoms with E-state index in [0.717, 1.165) is 35.0 Å². The van der Waals surface area contributed by atoms with E-state index in [0.29, 0.717) is 28.2 Å². The summed E-state index contributed by atoms with van der Waals surface area (Å²) in [5.41, 5.74) is 3.05. The number of benzene rings is 2. The third kappa shape index (κ3) is 5.17. The second-order valence-electron chi connectivity index (χ2n) is 10.5. The molecule has 186 valence electrons. The van der Waals surface area contributed by atoms with Crippen molar-refractivity contribution < 1.29 is 4.79 Å². The van der Waals surface area contributed by atoms with Crippen molar-refractivity contribution >= 4 is 50.7 Å². The Hall–Kier alpha value is -2.41. The zero-order chi connectivity index (χ0) is 25.4. The molecule has 2 heterocycles. The van der Waals surface area contributed by atoms with Gasteiger partial charge in [0.2, 0.25) is 0 Å². The summed E-state index contributed by atoms with van der Waals surface area (Å²) in [5.74, 6) is 0.775. The van der Waals surface area contributed by atoms with Crippen LogP contribution in [0.5, 0.6) is 0 Å². The van der Waals surface area contributed by atoms with Gasteiger partial charge in [0.25, 0.3) is 5.56 Å². The predicted octanol–water partition coefficient (Wildman–Crippen LogP) is 7.29. The minimum atomic E-state index is -0.0178. The molecule has 7 heteroatoms. The number of carbonyl (C=O) groups excluding carboxylic acids is 1. The van der Waals surface area contributed by atoms with E-state index in [2.05, 4.69) is 20.8 Å². The number of thioether (sulfide) groups is 1. The van der Waals surface area contributed by atoms with Gasteiger partial charge < -0.3 is 0 Å². The van der Waals surface area contributed by atoms with Crippen LogP contribution in [0, 0.1) is 11.3 Å². The van der Waals surface area contributed by atoms with Crippen molar-refractivity contribution in [1.82, 2.24) is 9.55 Å². The molecule has 1 atom stereocenters. The molecule has 0 saturated heterocycles. The van der Waals surface area contributed by atoms with Crippen molar-refractivity contribution in [3.8, 4) is 0 Å². The summed E-state index contributed by atoms with van der Waals surface area (Å²) in [6.07, 6.45) is 3.00. The molecule has 0 bridgehead atoms. The predicted molar refractivity (Wildman–Crippen MR) is 151 cm³/mol. The Balaban J connectivity index is 1.53. The molecule has 0 amide bonds. The molecule has 0 fully saturated rings. The number of Topliss-reactive ketones (excluding diaryl/α,β-unsaturated/α-hetero) is 1. The minimum absolute atomic E-state index is 0.00277. The van der Waals surface area contributed by atoms with Crippen LogP contribution >= 0.6 is 34.7 Å². The number of hydrogen-bond acceptors (Lipinski definition) is 5. The maximum Gasteiger partial charge on any atom is 0.263 e. The second-order valence-corrected chi connectivity index (χ2v) is 12.9. The summed E-state index contributed by atoms with van der Waals surface area (Å²) in [6, 6.07) is 16.9. The number of carbonyl (C=O) groups is 1. The van der Waals surface area contributed by atoms with Crippen molar-refractivity contribution in [2.45, 2.75) is 51.7 Å². The quantitative estimate of drug-likeness (QED) is 0.147. The van der Waals surface area contributed by atoms with Gasteiger partial charge in [-0.3, -0.25) is 14.2 Å². The molecule has 0 spiro atoms. The Labute approximate surface area is 224 Å².